The lowest BCUT2D eigenvalue weighted by Gasteiger charge is -2.58. The molecule has 0 radical (unpaired) electrons. The molecule has 0 saturated heterocycles. The molecule has 1 atom stereocenters. The van der Waals surface area contributed by atoms with Crippen molar-refractivity contribution in [2.45, 2.75) is 51.5 Å². The second-order valence-electron chi connectivity index (χ2n) is 8.58. The topological polar surface area (TPSA) is 55.4 Å². The molecule has 0 aromatic heterocycles. The summed E-state index contributed by atoms with van der Waals surface area (Å²) in [5.74, 6) is 1.69. The predicted octanol–water partition coefficient (Wildman–Crippen LogP) is 3.48. The molecule has 1 unspecified atom stereocenters. The van der Waals surface area contributed by atoms with Crippen molar-refractivity contribution in [1.29, 1.82) is 0 Å². The maximum absolute atomic E-state index is 12.8. The molecule has 1 amide bonds. The standard InChI is InChI=1S/C21H27NO3/c1-13-4-3-5-17(6-13)19(23)22-18(20(24)25-2)21-10-14-7-15(11-21)9-16(8-14)12-21/h3-6,14-16,18H,7-12H2,1-2H3,(H,22,23). The Bertz CT molecular complexity index is 661. The number of ether oxygens (including phenoxy) is 1. The molecular formula is C21H27NO3. The van der Waals surface area contributed by atoms with Gasteiger partial charge < -0.3 is 10.1 Å². The van der Waals surface area contributed by atoms with Crippen molar-refractivity contribution in [2.75, 3.05) is 7.11 Å². The molecule has 1 aromatic carbocycles. The van der Waals surface area contributed by atoms with Crippen LogP contribution in [-0.2, 0) is 9.53 Å². The van der Waals surface area contributed by atoms with Gasteiger partial charge in [-0.2, -0.15) is 0 Å². The van der Waals surface area contributed by atoms with Crippen LogP contribution in [0.1, 0.15) is 54.4 Å². The zero-order valence-corrected chi connectivity index (χ0v) is 15.1. The number of carbonyl (C=O) groups is 2. The zero-order valence-electron chi connectivity index (χ0n) is 15.1. The highest BCUT2D eigenvalue weighted by Crippen LogP contribution is 2.61. The Balaban J connectivity index is 1.61. The van der Waals surface area contributed by atoms with Crippen molar-refractivity contribution in [3.8, 4) is 0 Å². The van der Waals surface area contributed by atoms with Gasteiger partial charge in [-0.3, -0.25) is 4.79 Å². The second-order valence-corrected chi connectivity index (χ2v) is 8.58. The van der Waals surface area contributed by atoms with Gasteiger partial charge in [0.05, 0.1) is 7.11 Å². The minimum Gasteiger partial charge on any atom is -0.467 e. The average molecular weight is 341 g/mol. The van der Waals surface area contributed by atoms with Gasteiger partial charge >= 0.3 is 5.97 Å². The van der Waals surface area contributed by atoms with Crippen LogP contribution in [0.15, 0.2) is 24.3 Å². The van der Waals surface area contributed by atoms with Gasteiger partial charge in [0, 0.05) is 11.0 Å². The molecule has 4 bridgehead atoms. The summed E-state index contributed by atoms with van der Waals surface area (Å²) in [7, 11) is 1.43. The fourth-order valence-electron chi connectivity index (χ4n) is 6.11. The highest BCUT2D eigenvalue weighted by atomic mass is 16.5. The summed E-state index contributed by atoms with van der Waals surface area (Å²) >= 11 is 0. The SMILES string of the molecule is COC(=O)C(NC(=O)c1cccc(C)c1)C12CC3CC(CC(C3)C1)C2. The lowest BCUT2D eigenvalue weighted by molar-refractivity contribution is -0.154. The number of nitrogens with one attached hydrogen (secondary N) is 1. The number of aryl methyl sites for hydroxylation is 1. The van der Waals surface area contributed by atoms with Crippen molar-refractivity contribution in [2.24, 2.45) is 23.2 Å². The van der Waals surface area contributed by atoms with E-state index >= 15 is 0 Å². The predicted molar refractivity (Wildman–Crippen MR) is 95.1 cm³/mol. The van der Waals surface area contributed by atoms with Gasteiger partial charge in [-0.05, 0) is 75.3 Å². The molecule has 4 nitrogen and oxygen atoms in total. The third-order valence-corrected chi connectivity index (χ3v) is 6.69. The van der Waals surface area contributed by atoms with Crippen LogP contribution >= 0.6 is 0 Å². The monoisotopic (exact) mass is 341 g/mol. The van der Waals surface area contributed by atoms with Gasteiger partial charge in [-0.1, -0.05) is 17.7 Å². The van der Waals surface area contributed by atoms with Crippen LogP contribution in [0.25, 0.3) is 0 Å². The van der Waals surface area contributed by atoms with E-state index in [1.54, 1.807) is 6.07 Å². The zero-order chi connectivity index (χ0) is 17.6. The molecule has 134 valence electrons. The summed E-state index contributed by atoms with van der Waals surface area (Å²) in [6.45, 7) is 1.97. The van der Waals surface area contributed by atoms with Gasteiger partial charge in [0.1, 0.15) is 6.04 Å². The van der Waals surface area contributed by atoms with Crippen molar-refractivity contribution in [3.63, 3.8) is 0 Å². The Labute approximate surface area is 149 Å². The lowest BCUT2D eigenvalue weighted by atomic mass is 9.47. The Morgan fingerprint density at radius 3 is 2.24 bits per heavy atom. The first-order chi connectivity index (χ1) is 12.0. The van der Waals surface area contributed by atoms with Gasteiger partial charge in [0.25, 0.3) is 5.91 Å². The molecule has 0 aliphatic heterocycles. The molecule has 4 saturated carbocycles. The van der Waals surface area contributed by atoms with E-state index in [4.69, 9.17) is 4.74 Å². The molecule has 0 heterocycles. The van der Waals surface area contributed by atoms with E-state index in [0.717, 1.165) is 24.8 Å². The number of benzene rings is 1. The quantitative estimate of drug-likeness (QED) is 0.853. The van der Waals surface area contributed by atoms with Crippen LogP contribution < -0.4 is 5.32 Å². The molecule has 1 N–H and O–H groups in total. The van der Waals surface area contributed by atoms with Crippen molar-refractivity contribution >= 4 is 11.9 Å². The maximum atomic E-state index is 12.8. The van der Waals surface area contributed by atoms with Crippen LogP contribution in [0, 0.1) is 30.1 Å². The molecule has 1 aromatic rings. The number of rotatable bonds is 4. The van der Waals surface area contributed by atoms with Gasteiger partial charge in [-0.15, -0.1) is 0 Å². The molecule has 4 fully saturated rings. The van der Waals surface area contributed by atoms with Gasteiger partial charge in [-0.25, -0.2) is 4.79 Å². The Hall–Kier alpha value is -1.84. The summed E-state index contributed by atoms with van der Waals surface area (Å²) < 4.78 is 5.11. The Morgan fingerprint density at radius 2 is 1.72 bits per heavy atom. The largest absolute Gasteiger partial charge is 0.467 e. The lowest BCUT2D eigenvalue weighted by Crippen LogP contribution is -2.60. The minimum absolute atomic E-state index is 0.110. The van der Waals surface area contributed by atoms with E-state index in [1.165, 1.54) is 26.4 Å². The highest BCUT2D eigenvalue weighted by Gasteiger charge is 2.56. The van der Waals surface area contributed by atoms with E-state index in [0.29, 0.717) is 23.3 Å². The minimum atomic E-state index is -0.529. The molecule has 4 aliphatic rings. The fraction of sp³-hybridized carbons (Fsp3) is 0.619. The first-order valence-corrected chi connectivity index (χ1v) is 9.44. The second kappa shape index (κ2) is 6.15. The van der Waals surface area contributed by atoms with E-state index in [1.807, 2.05) is 25.1 Å². The number of amides is 1. The van der Waals surface area contributed by atoms with Crippen LogP contribution in [-0.4, -0.2) is 25.0 Å². The van der Waals surface area contributed by atoms with E-state index < -0.39 is 6.04 Å². The van der Waals surface area contributed by atoms with E-state index in [-0.39, 0.29) is 17.3 Å². The fourth-order valence-corrected chi connectivity index (χ4v) is 6.11. The normalized spacial score (nSPS) is 33.8. The van der Waals surface area contributed by atoms with Crippen molar-refractivity contribution in [1.82, 2.24) is 5.32 Å². The van der Waals surface area contributed by atoms with Crippen LogP contribution in [0.5, 0.6) is 0 Å². The van der Waals surface area contributed by atoms with E-state index in [2.05, 4.69) is 5.32 Å². The van der Waals surface area contributed by atoms with Gasteiger partial charge in [0.2, 0.25) is 0 Å². The Kier molecular flexibility index (Phi) is 4.09. The summed E-state index contributed by atoms with van der Waals surface area (Å²) in [4.78, 5) is 25.4. The van der Waals surface area contributed by atoms with Crippen molar-refractivity contribution < 1.29 is 14.3 Å². The Morgan fingerprint density at radius 1 is 1.12 bits per heavy atom. The number of hydrogen-bond acceptors (Lipinski definition) is 3. The molecular weight excluding hydrogens is 314 g/mol. The number of methoxy groups -OCH3 is 1. The first-order valence-electron chi connectivity index (χ1n) is 9.44. The van der Waals surface area contributed by atoms with Crippen molar-refractivity contribution in [3.05, 3.63) is 35.4 Å². The summed E-state index contributed by atoms with van der Waals surface area (Å²) in [6, 6.07) is 6.98. The van der Waals surface area contributed by atoms with E-state index in [9.17, 15) is 9.59 Å². The summed E-state index contributed by atoms with van der Waals surface area (Å²) in [5, 5.41) is 3.05. The number of hydrogen-bond donors (Lipinski definition) is 1. The third-order valence-electron chi connectivity index (χ3n) is 6.69. The molecule has 4 heteroatoms. The smallest absolute Gasteiger partial charge is 0.328 e. The number of esters is 1. The van der Waals surface area contributed by atoms with Crippen LogP contribution in [0.4, 0.5) is 0 Å². The summed E-state index contributed by atoms with van der Waals surface area (Å²) in [5.41, 5.74) is 1.54. The van der Waals surface area contributed by atoms with Gasteiger partial charge in [0.15, 0.2) is 0 Å². The number of carbonyl (C=O) groups excluding carboxylic acids is 2. The average Bonchev–Trinajstić information content (AvgIpc) is 2.57. The first kappa shape index (κ1) is 16.6. The summed E-state index contributed by atoms with van der Waals surface area (Å²) in [6.07, 6.45) is 7.06. The van der Waals surface area contributed by atoms with Crippen LogP contribution in [0.3, 0.4) is 0 Å². The molecule has 0 spiro atoms. The van der Waals surface area contributed by atoms with Crippen LogP contribution in [0.2, 0.25) is 0 Å². The maximum Gasteiger partial charge on any atom is 0.328 e. The molecule has 5 rings (SSSR count). The molecule has 25 heavy (non-hydrogen) atoms. The third kappa shape index (κ3) is 2.96. The highest BCUT2D eigenvalue weighted by molar-refractivity contribution is 5.97. The molecule has 4 aliphatic carbocycles.